The number of aryl methyl sites for hydroxylation is 1. The van der Waals surface area contributed by atoms with Crippen molar-refractivity contribution in [1.82, 2.24) is 9.55 Å². The zero-order chi connectivity index (χ0) is 14.7. The zero-order valence-electron chi connectivity index (χ0n) is 11.7. The first kappa shape index (κ1) is 15.5. The minimum Gasteiger partial charge on any atom is -0.383 e. The van der Waals surface area contributed by atoms with Crippen LogP contribution in [0.2, 0.25) is 0 Å². The van der Waals surface area contributed by atoms with Crippen molar-refractivity contribution >= 4 is 43.5 Å². The van der Waals surface area contributed by atoms with Crippen molar-refractivity contribution in [2.75, 3.05) is 19.0 Å². The molecular weight excluding hydrogens is 386 g/mol. The van der Waals surface area contributed by atoms with Crippen LogP contribution in [-0.4, -0.2) is 23.3 Å². The second-order valence-electron chi connectivity index (χ2n) is 4.64. The number of para-hydroxylation sites is 1. The molecule has 1 unspecified atom stereocenters. The average molecular weight is 403 g/mol. The Balaban J connectivity index is 2.34. The van der Waals surface area contributed by atoms with Gasteiger partial charge in [-0.25, -0.2) is 4.98 Å². The third kappa shape index (κ3) is 3.42. The molecule has 0 aliphatic heterocycles. The summed E-state index contributed by atoms with van der Waals surface area (Å²) >= 11 is 7.10. The molecule has 0 radical (unpaired) electrons. The van der Waals surface area contributed by atoms with Crippen molar-refractivity contribution in [1.29, 1.82) is 0 Å². The first-order valence-corrected chi connectivity index (χ1v) is 7.87. The van der Waals surface area contributed by atoms with E-state index in [1.807, 2.05) is 31.3 Å². The molecule has 1 heterocycles. The van der Waals surface area contributed by atoms with E-state index in [4.69, 9.17) is 4.74 Å². The molecule has 4 nitrogen and oxygen atoms in total. The Morgan fingerprint density at radius 1 is 1.35 bits per heavy atom. The van der Waals surface area contributed by atoms with Gasteiger partial charge in [0.1, 0.15) is 0 Å². The van der Waals surface area contributed by atoms with E-state index in [2.05, 4.69) is 53.7 Å². The second-order valence-corrected chi connectivity index (χ2v) is 6.35. The van der Waals surface area contributed by atoms with Crippen LogP contribution < -0.4 is 5.32 Å². The molecule has 108 valence electrons. The molecule has 1 aromatic carbocycles. The van der Waals surface area contributed by atoms with Crippen molar-refractivity contribution in [3.63, 3.8) is 0 Å². The lowest BCUT2D eigenvalue weighted by molar-refractivity contribution is 0.163. The minimum absolute atomic E-state index is 0.213. The number of anilines is 2. The Bertz CT molecular complexity index is 578. The van der Waals surface area contributed by atoms with Crippen LogP contribution in [0, 0.1) is 6.92 Å². The van der Waals surface area contributed by atoms with E-state index in [0.29, 0.717) is 6.61 Å². The molecule has 0 aliphatic rings. The van der Waals surface area contributed by atoms with Crippen LogP contribution in [0.25, 0.3) is 0 Å². The third-order valence-corrected chi connectivity index (χ3v) is 4.26. The summed E-state index contributed by atoms with van der Waals surface area (Å²) in [5.41, 5.74) is 1.93. The standard InChI is InChI=1S/C14H17Br2N3O/c1-9-7-19(10(2)8-20-3)14(17-9)18-13-11(15)5-4-6-12(13)16/h4-7,10H,8H2,1-3H3,(H,17,18). The molecule has 0 spiro atoms. The van der Waals surface area contributed by atoms with E-state index in [9.17, 15) is 0 Å². The maximum absolute atomic E-state index is 5.23. The molecule has 1 aromatic heterocycles. The zero-order valence-corrected chi connectivity index (χ0v) is 14.8. The Morgan fingerprint density at radius 3 is 2.60 bits per heavy atom. The van der Waals surface area contributed by atoms with Crippen LogP contribution >= 0.6 is 31.9 Å². The number of rotatable bonds is 5. The normalized spacial score (nSPS) is 12.4. The smallest absolute Gasteiger partial charge is 0.207 e. The summed E-state index contributed by atoms with van der Waals surface area (Å²) in [6.45, 7) is 4.72. The number of imidazole rings is 1. The number of aromatic nitrogens is 2. The van der Waals surface area contributed by atoms with Crippen LogP contribution in [-0.2, 0) is 4.74 Å². The summed E-state index contributed by atoms with van der Waals surface area (Å²) in [5, 5.41) is 3.37. The maximum Gasteiger partial charge on any atom is 0.207 e. The quantitative estimate of drug-likeness (QED) is 0.789. The highest BCUT2D eigenvalue weighted by atomic mass is 79.9. The summed E-state index contributed by atoms with van der Waals surface area (Å²) < 4.78 is 9.28. The van der Waals surface area contributed by atoms with Gasteiger partial charge in [-0.05, 0) is 57.8 Å². The van der Waals surface area contributed by atoms with E-state index in [1.165, 1.54) is 0 Å². The van der Waals surface area contributed by atoms with Gasteiger partial charge in [-0.3, -0.25) is 0 Å². The van der Waals surface area contributed by atoms with Gasteiger partial charge >= 0.3 is 0 Å². The molecule has 0 fully saturated rings. The number of ether oxygens (including phenoxy) is 1. The lowest BCUT2D eigenvalue weighted by Crippen LogP contribution is -2.13. The van der Waals surface area contributed by atoms with Gasteiger partial charge in [0.2, 0.25) is 5.95 Å². The molecule has 0 aliphatic carbocycles. The van der Waals surface area contributed by atoms with Crippen LogP contribution in [0.3, 0.4) is 0 Å². The molecule has 2 aromatic rings. The summed E-state index contributed by atoms with van der Waals surface area (Å²) in [4.78, 5) is 4.55. The number of benzene rings is 1. The molecule has 0 bridgehead atoms. The molecule has 0 saturated heterocycles. The van der Waals surface area contributed by atoms with Gasteiger partial charge in [0.05, 0.1) is 24.0 Å². The van der Waals surface area contributed by atoms with E-state index >= 15 is 0 Å². The van der Waals surface area contributed by atoms with Crippen molar-refractivity contribution in [3.05, 3.63) is 39.0 Å². The van der Waals surface area contributed by atoms with Crippen LogP contribution in [0.15, 0.2) is 33.3 Å². The third-order valence-electron chi connectivity index (χ3n) is 2.94. The molecule has 0 amide bonds. The SMILES string of the molecule is COCC(C)n1cc(C)nc1Nc1c(Br)cccc1Br. The lowest BCUT2D eigenvalue weighted by atomic mass is 10.3. The number of nitrogens with one attached hydrogen (secondary N) is 1. The Morgan fingerprint density at radius 2 is 2.00 bits per heavy atom. The number of nitrogens with zero attached hydrogens (tertiary/aromatic N) is 2. The number of hydrogen-bond acceptors (Lipinski definition) is 3. The highest BCUT2D eigenvalue weighted by Crippen LogP contribution is 2.33. The summed E-state index contributed by atoms with van der Waals surface area (Å²) in [6.07, 6.45) is 2.02. The van der Waals surface area contributed by atoms with Gasteiger partial charge < -0.3 is 14.6 Å². The van der Waals surface area contributed by atoms with Crippen LogP contribution in [0.5, 0.6) is 0 Å². The van der Waals surface area contributed by atoms with E-state index in [0.717, 1.165) is 26.3 Å². The van der Waals surface area contributed by atoms with E-state index in [-0.39, 0.29) is 6.04 Å². The highest BCUT2D eigenvalue weighted by molar-refractivity contribution is 9.11. The van der Waals surface area contributed by atoms with Crippen molar-refractivity contribution in [2.45, 2.75) is 19.9 Å². The van der Waals surface area contributed by atoms with E-state index in [1.54, 1.807) is 7.11 Å². The van der Waals surface area contributed by atoms with Crippen LogP contribution in [0.4, 0.5) is 11.6 Å². The fourth-order valence-corrected chi connectivity index (χ4v) is 3.19. The van der Waals surface area contributed by atoms with Gasteiger partial charge in [-0.2, -0.15) is 0 Å². The number of hydrogen-bond donors (Lipinski definition) is 1. The average Bonchev–Trinajstić information content (AvgIpc) is 2.75. The first-order valence-electron chi connectivity index (χ1n) is 6.28. The molecule has 1 N–H and O–H groups in total. The van der Waals surface area contributed by atoms with Crippen molar-refractivity contribution in [3.8, 4) is 0 Å². The predicted octanol–water partition coefficient (Wildman–Crippen LogP) is 4.67. The fourth-order valence-electron chi connectivity index (χ4n) is 2.00. The summed E-state index contributed by atoms with van der Waals surface area (Å²) in [5.74, 6) is 0.805. The monoisotopic (exact) mass is 401 g/mol. The summed E-state index contributed by atoms with van der Waals surface area (Å²) in [6, 6.07) is 6.17. The lowest BCUT2D eigenvalue weighted by Gasteiger charge is -2.17. The van der Waals surface area contributed by atoms with Crippen molar-refractivity contribution < 1.29 is 4.74 Å². The maximum atomic E-state index is 5.23. The molecular formula is C14H17Br2N3O. The van der Waals surface area contributed by atoms with Gasteiger partial charge in [0.25, 0.3) is 0 Å². The van der Waals surface area contributed by atoms with Crippen molar-refractivity contribution in [2.24, 2.45) is 0 Å². The summed E-state index contributed by atoms with van der Waals surface area (Å²) in [7, 11) is 1.71. The Hall–Kier alpha value is -0.850. The highest BCUT2D eigenvalue weighted by Gasteiger charge is 2.14. The Kier molecular flexibility index (Phi) is 5.23. The van der Waals surface area contributed by atoms with Gasteiger partial charge in [-0.15, -0.1) is 0 Å². The molecule has 1 atom stereocenters. The van der Waals surface area contributed by atoms with E-state index < -0.39 is 0 Å². The molecule has 0 saturated carbocycles. The molecule has 20 heavy (non-hydrogen) atoms. The Labute approximate surface area is 135 Å². The van der Waals surface area contributed by atoms with Gasteiger partial charge in [0.15, 0.2) is 0 Å². The number of methoxy groups -OCH3 is 1. The topological polar surface area (TPSA) is 39.1 Å². The van der Waals surface area contributed by atoms with Gasteiger partial charge in [0, 0.05) is 22.3 Å². The molecule has 2 rings (SSSR count). The predicted molar refractivity (Wildman–Crippen MR) is 88.7 cm³/mol. The second kappa shape index (κ2) is 6.74. The largest absolute Gasteiger partial charge is 0.383 e. The van der Waals surface area contributed by atoms with Gasteiger partial charge in [-0.1, -0.05) is 6.07 Å². The fraction of sp³-hybridized carbons (Fsp3) is 0.357. The van der Waals surface area contributed by atoms with Crippen LogP contribution in [0.1, 0.15) is 18.7 Å². The number of halogens is 2. The molecule has 6 heteroatoms. The first-order chi connectivity index (χ1) is 9.52. The minimum atomic E-state index is 0.213.